The van der Waals surface area contributed by atoms with Crippen LogP contribution in [0.15, 0.2) is 40.9 Å². The predicted octanol–water partition coefficient (Wildman–Crippen LogP) is 5.38. The number of carbonyl (C=O) groups excluding carboxylic acids is 2. The van der Waals surface area contributed by atoms with Crippen LogP contribution in [0.1, 0.15) is 32.8 Å². The van der Waals surface area contributed by atoms with Crippen molar-refractivity contribution in [2.75, 3.05) is 24.9 Å². The van der Waals surface area contributed by atoms with Crippen LogP contribution in [-0.2, 0) is 16.0 Å². The van der Waals surface area contributed by atoms with Gasteiger partial charge < -0.3 is 19.5 Å². The summed E-state index contributed by atoms with van der Waals surface area (Å²) in [7, 11) is 3.11. The maximum atomic E-state index is 12.4. The first-order valence-electron chi connectivity index (χ1n) is 9.41. The van der Waals surface area contributed by atoms with Crippen LogP contribution >= 0.6 is 15.9 Å². The standard InChI is InChI=1S/C22H27BrN2O5/c1-22(2,3)30-21(27)25-17-13-15(8-10-19(17)29-5)24-20(26)11-7-14-6-9-18(28-4)16(23)12-14/h6,8-10,12-13H,7,11H2,1-5H3,(H,24,26)(H,25,27). The molecule has 8 heteroatoms. The van der Waals surface area contributed by atoms with Gasteiger partial charge in [0.1, 0.15) is 17.1 Å². The molecule has 7 nitrogen and oxygen atoms in total. The van der Waals surface area contributed by atoms with Crippen LogP contribution in [0.25, 0.3) is 0 Å². The molecule has 2 aromatic carbocycles. The Balaban J connectivity index is 2.00. The number of amides is 2. The molecule has 0 aliphatic carbocycles. The number of methoxy groups -OCH3 is 2. The first-order chi connectivity index (χ1) is 14.1. The third-order valence-corrected chi connectivity index (χ3v) is 4.60. The number of anilines is 2. The fraction of sp³-hybridized carbons (Fsp3) is 0.364. The second kappa shape index (κ2) is 10.3. The van der Waals surface area contributed by atoms with E-state index < -0.39 is 11.7 Å². The van der Waals surface area contributed by atoms with Crippen LogP contribution in [0.5, 0.6) is 11.5 Å². The molecule has 0 fully saturated rings. The van der Waals surface area contributed by atoms with Gasteiger partial charge in [-0.3, -0.25) is 10.1 Å². The predicted molar refractivity (Wildman–Crippen MR) is 120 cm³/mol. The van der Waals surface area contributed by atoms with Gasteiger partial charge in [-0.15, -0.1) is 0 Å². The third-order valence-electron chi connectivity index (χ3n) is 3.98. The summed E-state index contributed by atoms with van der Waals surface area (Å²) in [6.45, 7) is 5.34. The van der Waals surface area contributed by atoms with Crippen molar-refractivity contribution in [2.45, 2.75) is 39.2 Å². The van der Waals surface area contributed by atoms with E-state index in [0.29, 0.717) is 30.0 Å². The van der Waals surface area contributed by atoms with E-state index >= 15 is 0 Å². The van der Waals surface area contributed by atoms with E-state index in [4.69, 9.17) is 14.2 Å². The van der Waals surface area contributed by atoms with Crippen molar-refractivity contribution >= 4 is 39.3 Å². The highest BCUT2D eigenvalue weighted by Crippen LogP contribution is 2.29. The number of ether oxygens (including phenoxy) is 3. The van der Waals surface area contributed by atoms with Crippen LogP contribution in [-0.4, -0.2) is 31.8 Å². The Morgan fingerprint density at radius 1 is 0.967 bits per heavy atom. The molecule has 2 N–H and O–H groups in total. The molecule has 0 atom stereocenters. The van der Waals surface area contributed by atoms with Gasteiger partial charge in [-0.2, -0.15) is 0 Å². The lowest BCUT2D eigenvalue weighted by molar-refractivity contribution is -0.116. The first kappa shape index (κ1) is 23.5. The second-order valence-electron chi connectivity index (χ2n) is 7.56. The van der Waals surface area contributed by atoms with Gasteiger partial charge in [0.2, 0.25) is 5.91 Å². The molecule has 0 saturated carbocycles. The Labute approximate surface area is 185 Å². The SMILES string of the molecule is COc1ccc(CCC(=O)Nc2ccc(OC)c(NC(=O)OC(C)(C)C)c2)cc1Br. The average molecular weight is 479 g/mol. The maximum absolute atomic E-state index is 12.4. The normalized spacial score (nSPS) is 10.9. The van der Waals surface area contributed by atoms with Gasteiger partial charge in [0.15, 0.2) is 0 Å². The minimum absolute atomic E-state index is 0.143. The van der Waals surface area contributed by atoms with Gasteiger partial charge in [-0.1, -0.05) is 6.07 Å². The number of hydrogen-bond donors (Lipinski definition) is 2. The van der Waals surface area contributed by atoms with Crippen molar-refractivity contribution in [3.8, 4) is 11.5 Å². The zero-order valence-electron chi connectivity index (χ0n) is 17.8. The smallest absolute Gasteiger partial charge is 0.412 e. The molecule has 0 aliphatic rings. The molecular weight excluding hydrogens is 452 g/mol. The molecule has 162 valence electrons. The van der Waals surface area contributed by atoms with Gasteiger partial charge in [-0.05, 0) is 79.0 Å². The van der Waals surface area contributed by atoms with E-state index in [1.807, 2.05) is 18.2 Å². The molecule has 0 aromatic heterocycles. The average Bonchev–Trinajstić information content (AvgIpc) is 2.65. The molecule has 0 radical (unpaired) electrons. The highest BCUT2D eigenvalue weighted by atomic mass is 79.9. The highest BCUT2D eigenvalue weighted by Gasteiger charge is 2.18. The van der Waals surface area contributed by atoms with E-state index in [1.165, 1.54) is 7.11 Å². The topological polar surface area (TPSA) is 85.9 Å². The molecular formula is C22H27BrN2O5. The van der Waals surface area contributed by atoms with E-state index in [9.17, 15) is 9.59 Å². The first-order valence-corrected chi connectivity index (χ1v) is 10.2. The van der Waals surface area contributed by atoms with Crippen LogP contribution in [0.3, 0.4) is 0 Å². The van der Waals surface area contributed by atoms with Crippen molar-refractivity contribution in [1.29, 1.82) is 0 Å². The zero-order valence-corrected chi connectivity index (χ0v) is 19.4. The summed E-state index contributed by atoms with van der Waals surface area (Å²) >= 11 is 3.45. The lowest BCUT2D eigenvalue weighted by Crippen LogP contribution is -2.27. The van der Waals surface area contributed by atoms with Gasteiger partial charge >= 0.3 is 6.09 Å². The molecule has 0 heterocycles. The van der Waals surface area contributed by atoms with E-state index in [-0.39, 0.29) is 5.91 Å². The summed E-state index contributed by atoms with van der Waals surface area (Å²) in [5, 5.41) is 5.49. The summed E-state index contributed by atoms with van der Waals surface area (Å²) in [6.07, 6.45) is 0.280. The highest BCUT2D eigenvalue weighted by molar-refractivity contribution is 9.10. The fourth-order valence-corrected chi connectivity index (χ4v) is 3.23. The quantitative estimate of drug-likeness (QED) is 0.557. The number of aryl methyl sites for hydroxylation is 1. The Hall–Kier alpha value is -2.74. The van der Waals surface area contributed by atoms with E-state index in [1.54, 1.807) is 46.1 Å². The Bertz CT molecular complexity index is 909. The molecule has 2 amide bonds. The van der Waals surface area contributed by atoms with Crippen molar-refractivity contribution in [1.82, 2.24) is 0 Å². The Kier molecular flexibility index (Phi) is 8.11. The number of rotatable bonds is 7. The number of hydrogen-bond acceptors (Lipinski definition) is 5. The minimum atomic E-state index is -0.625. The van der Waals surface area contributed by atoms with E-state index in [2.05, 4.69) is 26.6 Å². The summed E-state index contributed by atoms with van der Waals surface area (Å²) in [6, 6.07) is 10.7. The monoisotopic (exact) mass is 478 g/mol. The molecule has 0 saturated heterocycles. The third kappa shape index (κ3) is 7.26. The summed E-state index contributed by atoms with van der Waals surface area (Å²) < 4.78 is 16.6. The van der Waals surface area contributed by atoms with Crippen LogP contribution in [0.2, 0.25) is 0 Å². The molecule has 0 aliphatic heterocycles. The van der Waals surface area contributed by atoms with Crippen LogP contribution in [0, 0.1) is 0 Å². The summed E-state index contributed by atoms with van der Waals surface area (Å²) in [4.78, 5) is 24.5. The lowest BCUT2D eigenvalue weighted by atomic mass is 10.1. The van der Waals surface area contributed by atoms with Gasteiger partial charge in [0, 0.05) is 12.1 Å². The lowest BCUT2D eigenvalue weighted by Gasteiger charge is -2.20. The number of benzene rings is 2. The fourth-order valence-electron chi connectivity index (χ4n) is 2.64. The summed E-state index contributed by atoms with van der Waals surface area (Å²) in [5.74, 6) is 1.06. The number of carbonyl (C=O) groups is 2. The van der Waals surface area contributed by atoms with Crippen molar-refractivity contribution < 1.29 is 23.8 Å². The van der Waals surface area contributed by atoms with Crippen molar-refractivity contribution in [3.63, 3.8) is 0 Å². The second-order valence-corrected chi connectivity index (χ2v) is 8.41. The van der Waals surface area contributed by atoms with Gasteiger partial charge in [-0.25, -0.2) is 4.79 Å². The molecule has 2 rings (SSSR count). The van der Waals surface area contributed by atoms with Crippen molar-refractivity contribution in [2.24, 2.45) is 0 Å². The molecule has 30 heavy (non-hydrogen) atoms. The van der Waals surface area contributed by atoms with Crippen LogP contribution in [0.4, 0.5) is 16.2 Å². The minimum Gasteiger partial charge on any atom is -0.496 e. The zero-order chi connectivity index (χ0) is 22.3. The number of halogens is 1. The molecule has 2 aromatic rings. The maximum Gasteiger partial charge on any atom is 0.412 e. The summed E-state index contributed by atoms with van der Waals surface area (Å²) in [5.41, 5.74) is 1.34. The Morgan fingerprint density at radius 2 is 1.63 bits per heavy atom. The molecule has 0 unspecified atom stereocenters. The largest absolute Gasteiger partial charge is 0.496 e. The van der Waals surface area contributed by atoms with Crippen LogP contribution < -0.4 is 20.1 Å². The number of nitrogens with one attached hydrogen (secondary N) is 2. The molecule has 0 spiro atoms. The van der Waals surface area contributed by atoms with Crippen molar-refractivity contribution in [3.05, 3.63) is 46.4 Å². The van der Waals surface area contributed by atoms with E-state index in [0.717, 1.165) is 15.8 Å². The van der Waals surface area contributed by atoms with Gasteiger partial charge in [0.25, 0.3) is 0 Å². The molecule has 0 bridgehead atoms. The van der Waals surface area contributed by atoms with Gasteiger partial charge in [0.05, 0.1) is 24.4 Å². The Morgan fingerprint density at radius 3 is 2.23 bits per heavy atom.